The third-order valence-electron chi connectivity index (χ3n) is 4.74. The molecule has 0 bridgehead atoms. The molecule has 0 atom stereocenters. The molecule has 4 aromatic rings. The largest absolute Gasteiger partial charge is 0.480 e. The van der Waals surface area contributed by atoms with E-state index in [2.05, 4.69) is 31.0 Å². The Balaban J connectivity index is 1.61. The van der Waals surface area contributed by atoms with Crippen LogP contribution in [-0.4, -0.2) is 56.2 Å². The quantitative estimate of drug-likeness (QED) is 0.196. The van der Waals surface area contributed by atoms with Gasteiger partial charge in [-0.15, -0.1) is 0 Å². The topological polar surface area (TPSA) is 183 Å². The molecule has 3 aromatic heterocycles. The van der Waals surface area contributed by atoms with Crippen LogP contribution in [0.5, 0.6) is 0 Å². The first-order valence-electron chi connectivity index (χ1n) is 10.2. The normalized spacial score (nSPS) is 10.7. The van der Waals surface area contributed by atoms with Crippen LogP contribution < -0.4 is 21.7 Å². The van der Waals surface area contributed by atoms with Crippen LogP contribution >= 0.6 is 34.5 Å². The molecule has 0 aliphatic heterocycles. The van der Waals surface area contributed by atoms with Gasteiger partial charge in [-0.1, -0.05) is 34.5 Å². The first kappa shape index (κ1) is 25.0. The Morgan fingerprint density at radius 3 is 2.67 bits per heavy atom. The van der Waals surface area contributed by atoms with E-state index in [-0.39, 0.29) is 11.5 Å². The molecule has 1 aromatic carbocycles. The predicted molar refractivity (Wildman–Crippen MR) is 137 cm³/mol. The van der Waals surface area contributed by atoms with Crippen LogP contribution in [0.2, 0.25) is 10.0 Å². The summed E-state index contributed by atoms with van der Waals surface area (Å²) in [6.07, 6.45) is 1.60. The van der Waals surface area contributed by atoms with Gasteiger partial charge in [0.25, 0.3) is 5.91 Å². The van der Waals surface area contributed by atoms with Gasteiger partial charge in [0.05, 0.1) is 16.9 Å². The number of carbonyl (C=O) groups excluding carboxylic acids is 1. The zero-order chi connectivity index (χ0) is 25.8. The molecule has 12 nitrogen and oxygen atoms in total. The van der Waals surface area contributed by atoms with Crippen LogP contribution in [0, 0.1) is 11.3 Å². The van der Waals surface area contributed by atoms with E-state index in [0.717, 1.165) is 11.3 Å². The van der Waals surface area contributed by atoms with Crippen LogP contribution in [0.4, 0.5) is 16.8 Å². The summed E-state index contributed by atoms with van der Waals surface area (Å²) in [5.74, 6) is -1.25. The van der Waals surface area contributed by atoms with Gasteiger partial charge in [0, 0.05) is 29.7 Å². The third-order valence-corrected chi connectivity index (χ3v) is 6.22. The lowest BCUT2D eigenvalue weighted by molar-refractivity contribution is -0.135. The van der Waals surface area contributed by atoms with Crippen molar-refractivity contribution in [2.75, 3.05) is 36.0 Å². The maximum atomic E-state index is 12.4. The molecule has 0 saturated heterocycles. The second-order valence-corrected chi connectivity index (χ2v) is 9.08. The van der Waals surface area contributed by atoms with Crippen molar-refractivity contribution in [3.05, 3.63) is 51.1 Å². The summed E-state index contributed by atoms with van der Waals surface area (Å²) in [4.78, 5) is 32.2. The molecular formula is C21H17Cl2N9O3S. The van der Waals surface area contributed by atoms with E-state index >= 15 is 0 Å². The minimum absolute atomic E-state index is 0.0147. The fourth-order valence-corrected chi connectivity index (χ4v) is 4.36. The van der Waals surface area contributed by atoms with E-state index in [1.807, 2.05) is 6.07 Å². The summed E-state index contributed by atoms with van der Waals surface area (Å²) in [6.45, 7) is 0.257. The number of aliphatic carboxylic acids is 1. The maximum absolute atomic E-state index is 12.4. The molecule has 36 heavy (non-hydrogen) atoms. The number of carbonyl (C=O) groups is 2. The molecule has 0 aliphatic rings. The van der Waals surface area contributed by atoms with E-state index in [0.29, 0.717) is 55.7 Å². The number of rotatable bonds is 9. The average Bonchev–Trinajstić information content (AvgIpc) is 3.43. The van der Waals surface area contributed by atoms with E-state index < -0.39 is 18.4 Å². The van der Waals surface area contributed by atoms with Crippen LogP contribution in [0.15, 0.2) is 30.5 Å². The lowest BCUT2D eigenvalue weighted by Crippen LogP contribution is -2.29. The van der Waals surface area contributed by atoms with Gasteiger partial charge in [-0.3, -0.25) is 9.59 Å². The van der Waals surface area contributed by atoms with E-state index in [1.165, 1.54) is 10.6 Å². The SMILES string of the molecule is N#Cc1sc(NCCNc2nc(-c3ccc(Cl)cc3Cl)cn3nc(C(=O)NCC(=O)O)cc23)nc1N. The van der Waals surface area contributed by atoms with Crippen molar-refractivity contribution in [1.29, 1.82) is 5.26 Å². The highest BCUT2D eigenvalue weighted by Gasteiger charge is 2.17. The molecular weight excluding hydrogens is 529 g/mol. The summed E-state index contributed by atoms with van der Waals surface area (Å²) < 4.78 is 1.46. The first-order valence-corrected chi connectivity index (χ1v) is 11.8. The number of nitrogen functional groups attached to an aromatic ring is 1. The summed E-state index contributed by atoms with van der Waals surface area (Å²) in [6, 6.07) is 8.45. The molecule has 0 fully saturated rings. The number of nitrogens with zero attached hydrogens (tertiary/aromatic N) is 5. The van der Waals surface area contributed by atoms with Crippen LogP contribution in [0.3, 0.4) is 0 Å². The lowest BCUT2D eigenvalue weighted by Gasteiger charge is -2.11. The first-order chi connectivity index (χ1) is 17.2. The molecule has 1 amide bonds. The number of halogens is 2. The number of fused-ring (bicyclic) bond motifs is 1. The summed E-state index contributed by atoms with van der Waals surface area (Å²) in [5.41, 5.74) is 7.24. The van der Waals surface area contributed by atoms with Crippen molar-refractivity contribution in [2.24, 2.45) is 0 Å². The van der Waals surface area contributed by atoms with Gasteiger partial charge in [0.2, 0.25) is 0 Å². The van der Waals surface area contributed by atoms with Gasteiger partial charge >= 0.3 is 5.97 Å². The maximum Gasteiger partial charge on any atom is 0.322 e. The summed E-state index contributed by atoms with van der Waals surface area (Å²) >= 11 is 13.5. The summed E-state index contributed by atoms with van der Waals surface area (Å²) in [7, 11) is 0. The van der Waals surface area contributed by atoms with Crippen molar-refractivity contribution >= 4 is 68.7 Å². The van der Waals surface area contributed by atoms with Gasteiger partial charge in [0.15, 0.2) is 22.5 Å². The minimum atomic E-state index is -1.17. The number of amides is 1. The number of thiazole rings is 1. The number of carboxylic acid groups (broad SMARTS) is 1. The Hall–Kier alpha value is -4.12. The molecule has 0 saturated carbocycles. The second-order valence-electron chi connectivity index (χ2n) is 7.23. The van der Waals surface area contributed by atoms with Crippen molar-refractivity contribution < 1.29 is 14.7 Å². The van der Waals surface area contributed by atoms with Crippen molar-refractivity contribution in [1.82, 2.24) is 24.9 Å². The standard InChI is InChI=1S/C21H17Cl2N9O3S/c22-10-1-2-11(12(23)5-10)14-9-32-15(6-13(31-32)20(35)28-8-17(33)34)19(29-14)26-3-4-27-21-30-18(25)16(7-24)36-21/h1-2,5-6,9H,3-4,8,25H2,(H,26,29)(H,27,30)(H,28,35)(H,33,34). The Morgan fingerprint density at radius 2 is 1.97 bits per heavy atom. The fourth-order valence-electron chi connectivity index (χ4n) is 3.14. The average molecular weight is 546 g/mol. The molecule has 0 unspecified atom stereocenters. The monoisotopic (exact) mass is 545 g/mol. The summed E-state index contributed by atoms with van der Waals surface area (Å²) in [5, 5.41) is 32.0. The van der Waals surface area contributed by atoms with E-state index in [4.69, 9.17) is 39.3 Å². The van der Waals surface area contributed by atoms with Crippen LogP contribution in [0.25, 0.3) is 16.8 Å². The number of carboxylic acids is 1. The van der Waals surface area contributed by atoms with Gasteiger partial charge in [-0.2, -0.15) is 10.4 Å². The van der Waals surface area contributed by atoms with Gasteiger partial charge in [-0.25, -0.2) is 14.5 Å². The fraction of sp³-hybridized carbons (Fsp3) is 0.143. The lowest BCUT2D eigenvalue weighted by atomic mass is 10.1. The number of nitriles is 1. The van der Waals surface area contributed by atoms with E-state index in [9.17, 15) is 9.59 Å². The molecule has 6 N–H and O–H groups in total. The molecule has 0 spiro atoms. The van der Waals surface area contributed by atoms with Crippen molar-refractivity contribution in [3.8, 4) is 17.3 Å². The number of benzene rings is 1. The Morgan fingerprint density at radius 1 is 1.19 bits per heavy atom. The third kappa shape index (κ3) is 5.57. The molecule has 184 valence electrons. The van der Waals surface area contributed by atoms with Gasteiger partial charge in [0.1, 0.15) is 23.0 Å². The Kier molecular flexibility index (Phi) is 7.39. The van der Waals surface area contributed by atoms with E-state index in [1.54, 1.807) is 24.4 Å². The number of hydrogen-bond acceptors (Lipinski definition) is 10. The molecule has 0 aliphatic carbocycles. The number of anilines is 3. The zero-order valence-corrected chi connectivity index (χ0v) is 20.6. The number of nitrogens with one attached hydrogen (secondary N) is 3. The highest BCUT2D eigenvalue weighted by atomic mass is 35.5. The van der Waals surface area contributed by atoms with Gasteiger partial charge < -0.3 is 26.8 Å². The van der Waals surface area contributed by atoms with Gasteiger partial charge in [-0.05, 0) is 18.2 Å². The highest BCUT2D eigenvalue weighted by Crippen LogP contribution is 2.31. The van der Waals surface area contributed by atoms with Crippen LogP contribution in [0.1, 0.15) is 15.4 Å². The minimum Gasteiger partial charge on any atom is -0.480 e. The van der Waals surface area contributed by atoms with Crippen LogP contribution in [-0.2, 0) is 4.79 Å². The smallest absolute Gasteiger partial charge is 0.322 e. The zero-order valence-electron chi connectivity index (χ0n) is 18.2. The second kappa shape index (κ2) is 10.6. The Labute approximate surface area is 217 Å². The number of hydrogen-bond donors (Lipinski definition) is 5. The number of nitrogens with two attached hydrogens (primary N) is 1. The van der Waals surface area contributed by atoms with Crippen molar-refractivity contribution in [3.63, 3.8) is 0 Å². The molecule has 3 heterocycles. The molecule has 15 heteroatoms. The number of aromatic nitrogens is 4. The molecule has 0 radical (unpaired) electrons. The Bertz CT molecular complexity index is 1510. The molecule has 4 rings (SSSR count). The van der Waals surface area contributed by atoms with Crippen molar-refractivity contribution in [2.45, 2.75) is 0 Å². The predicted octanol–water partition coefficient (Wildman–Crippen LogP) is 2.95. The highest BCUT2D eigenvalue weighted by molar-refractivity contribution is 7.16.